The Kier molecular flexibility index (Phi) is 5.87. The van der Waals surface area contributed by atoms with E-state index in [-0.39, 0.29) is 17.7 Å². The van der Waals surface area contributed by atoms with Crippen LogP contribution in [0.25, 0.3) is 0 Å². The minimum Gasteiger partial charge on any atom is -0.497 e. The number of carbonyl (C=O) groups excluding carboxylic acids is 1. The molecule has 29 heavy (non-hydrogen) atoms. The highest BCUT2D eigenvalue weighted by atomic mass is 16.7. The molecule has 2 heterocycles. The second-order valence-corrected chi connectivity index (χ2v) is 8.73. The van der Waals surface area contributed by atoms with Crippen LogP contribution in [-0.4, -0.2) is 62.7 Å². The van der Waals surface area contributed by atoms with Crippen LogP contribution in [-0.2, 0) is 19.0 Å². The van der Waals surface area contributed by atoms with Crippen LogP contribution in [0.5, 0.6) is 5.75 Å². The quantitative estimate of drug-likeness (QED) is 0.703. The number of esters is 1. The van der Waals surface area contributed by atoms with Crippen LogP contribution in [0, 0.1) is 5.41 Å². The molecule has 1 aliphatic carbocycles. The molecule has 6 nitrogen and oxygen atoms in total. The van der Waals surface area contributed by atoms with E-state index in [0.29, 0.717) is 25.9 Å². The van der Waals surface area contributed by atoms with Gasteiger partial charge in [-0.15, -0.1) is 0 Å². The van der Waals surface area contributed by atoms with Gasteiger partial charge in [-0.3, -0.25) is 9.69 Å². The summed E-state index contributed by atoms with van der Waals surface area (Å²) in [6.45, 7) is 7.34. The maximum absolute atomic E-state index is 13.0. The summed E-state index contributed by atoms with van der Waals surface area (Å²) in [5, 5.41) is 0. The van der Waals surface area contributed by atoms with Crippen molar-refractivity contribution in [2.75, 3.05) is 40.0 Å². The van der Waals surface area contributed by atoms with Gasteiger partial charge in [-0.1, -0.05) is 12.1 Å². The number of methoxy groups -OCH3 is 1. The van der Waals surface area contributed by atoms with Gasteiger partial charge >= 0.3 is 5.97 Å². The molecule has 0 radical (unpaired) electrons. The van der Waals surface area contributed by atoms with E-state index in [2.05, 4.69) is 24.0 Å². The van der Waals surface area contributed by atoms with Gasteiger partial charge in [0.05, 0.1) is 32.3 Å². The number of rotatable bonds is 5. The monoisotopic (exact) mass is 403 g/mol. The van der Waals surface area contributed by atoms with Crippen molar-refractivity contribution in [2.24, 2.45) is 5.41 Å². The van der Waals surface area contributed by atoms with Gasteiger partial charge in [-0.05, 0) is 44.4 Å². The minimum atomic E-state index is -0.555. The molecule has 2 atom stereocenters. The molecule has 0 amide bonds. The van der Waals surface area contributed by atoms with E-state index in [1.54, 1.807) is 7.11 Å². The lowest BCUT2D eigenvalue weighted by molar-refractivity contribution is -0.183. The Balaban J connectivity index is 1.52. The normalized spacial score (nSPS) is 30.0. The van der Waals surface area contributed by atoms with E-state index < -0.39 is 5.41 Å². The fourth-order valence-corrected chi connectivity index (χ4v) is 5.32. The number of benzene rings is 1. The van der Waals surface area contributed by atoms with Crippen LogP contribution in [0.1, 0.15) is 51.0 Å². The smallest absolute Gasteiger partial charge is 0.313 e. The average Bonchev–Trinajstić information content (AvgIpc) is 3.34. The fourth-order valence-electron chi connectivity index (χ4n) is 5.32. The van der Waals surface area contributed by atoms with E-state index in [4.69, 9.17) is 18.9 Å². The van der Waals surface area contributed by atoms with Crippen molar-refractivity contribution in [3.05, 3.63) is 29.8 Å². The SMILES string of the molecule is CCOC(=O)[C@]1(C)CN(C2CCC3(CC2)OCCO3)C[C@H]1c1ccc(OC)cc1. The molecule has 2 saturated heterocycles. The molecule has 1 saturated carbocycles. The Labute approximate surface area is 173 Å². The van der Waals surface area contributed by atoms with Crippen molar-refractivity contribution in [2.45, 2.75) is 57.3 Å². The molecule has 1 aromatic rings. The molecular formula is C23H33NO5. The van der Waals surface area contributed by atoms with Gasteiger partial charge in [0.15, 0.2) is 5.79 Å². The van der Waals surface area contributed by atoms with Crippen LogP contribution in [0.4, 0.5) is 0 Å². The third-order valence-corrected chi connectivity index (χ3v) is 7.02. The maximum atomic E-state index is 13.0. The number of hydrogen-bond donors (Lipinski definition) is 0. The molecule has 160 valence electrons. The van der Waals surface area contributed by atoms with Crippen molar-refractivity contribution < 1.29 is 23.7 Å². The highest BCUT2D eigenvalue weighted by Gasteiger charge is 2.52. The molecule has 0 unspecified atom stereocenters. The first-order valence-corrected chi connectivity index (χ1v) is 10.8. The average molecular weight is 404 g/mol. The molecule has 3 fully saturated rings. The topological polar surface area (TPSA) is 57.2 Å². The van der Waals surface area contributed by atoms with Crippen molar-refractivity contribution in [3.8, 4) is 5.75 Å². The lowest BCUT2D eigenvalue weighted by Gasteiger charge is -2.39. The standard InChI is InChI=1S/C23H33NO5/c1-4-27-21(25)22(2)16-24(15-20(22)17-5-7-19(26-3)8-6-17)18-9-11-23(12-10-18)28-13-14-29-23/h5-8,18,20H,4,9-16H2,1-3H3/t20-,22+/m0/s1. The van der Waals surface area contributed by atoms with E-state index in [1.807, 2.05) is 19.1 Å². The van der Waals surface area contributed by atoms with E-state index >= 15 is 0 Å². The van der Waals surface area contributed by atoms with Gasteiger partial charge in [-0.2, -0.15) is 0 Å². The largest absolute Gasteiger partial charge is 0.497 e. The van der Waals surface area contributed by atoms with Crippen LogP contribution >= 0.6 is 0 Å². The van der Waals surface area contributed by atoms with Crippen molar-refractivity contribution >= 4 is 5.97 Å². The third kappa shape index (κ3) is 3.90. The second kappa shape index (κ2) is 8.25. The fraction of sp³-hybridized carbons (Fsp3) is 0.696. The molecule has 1 spiro atoms. The maximum Gasteiger partial charge on any atom is 0.313 e. The van der Waals surface area contributed by atoms with Gasteiger partial charge in [0.1, 0.15) is 5.75 Å². The molecule has 0 aromatic heterocycles. The lowest BCUT2D eigenvalue weighted by Crippen LogP contribution is -2.44. The van der Waals surface area contributed by atoms with Gasteiger partial charge < -0.3 is 18.9 Å². The summed E-state index contributed by atoms with van der Waals surface area (Å²) in [4.78, 5) is 15.5. The van der Waals surface area contributed by atoms with Crippen LogP contribution in [0.3, 0.4) is 0 Å². The number of likely N-dealkylation sites (tertiary alicyclic amines) is 1. The van der Waals surface area contributed by atoms with E-state index in [0.717, 1.165) is 44.5 Å². The number of ether oxygens (including phenoxy) is 4. The summed E-state index contributed by atoms with van der Waals surface area (Å²) in [7, 11) is 1.67. The predicted octanol–water partition coefficient (Wildman–Crippen LogP) is 3.35. The highest BCUT2D eigenvalue weighted by Crippen LogP contribution is 2.47. The first-order valence-electron chi connectivity index (χ1n) is 10.8. The molecule has 4 rings (SSSR count). The summed E-state index contributed by atoms with van der Waals surface area (Å²) >= 11 is 0. The highest BCUT2D eigenvalue weighted by molar-refractivity contribution is 5.79. The summed E-state index contributed by atoms with van der Waals surface area (Å²) in [5.41, 5.74) is 0.610. The molecule has 2 aliphatic heterocycles. The summed E-state index contributed by atoms with van der Waals surface area (Å²) < 4.78 is 22.6. The third-order valence-electron chi connectivity index (χ3n) is 7.02. The first kappa shape index (κ1) is 20.6. The zero-order valence-corrected chi connectivity index (χ0v) is 17.8. The molecule has 6 heteroatoms. The minimum absolute atomic E-state index is 0.0990. The number of carbonyl (C=O) groups is 1. The second-order valence-electron chi connectivity index (χ2n) is 8.73. The Morgan fingerprint density at radius 1 is 1.17 bits per heavy atom. The Morgan fingerprint density at radius 3 is 2.41 bits per heavy atom. The van der Waals surface area contributed by atoms with E-state index in [1.165, 1.54) is 5.56 Å². The summed E-state index contributed by atoms with van der Waals surface area (Å²) in [6.07, 6.45) is 3.93. The Morgan fingerprint density at radius 2 is 1.83 bits per heavy atom. The molecule has 1 aromatic carbocycles. The van der Waals surface area contributed by atoms with Crippen molar-refractivity contribution in [3.63, 3.8) is 0 Å². The van der Waals surface area contributed by atoms with Crippen LogP contribution in [0.15, 0.2) is 24.3 Å². The van der Waals surface area contributed by atoms with Crippen LogP contribution in [0.2, 0.25) is 0 Å². The zero-order valence-electron chi connectivity index (χ0n) is 17.8. The van der Waals surface area contributed by atoms with E-state index in [9.17, 15) is 4.79 Å². The van der Waals surface area contributed by atoms with Crippen molar-refractivity contribution in [1.29, 1.82) is 0 Å². The molecule has 0 N–H and O–H groups in total. The Bertz CT molecular complexity index is 704. The molecule has 3 aliphatic rings. The van der Waals surface area contributed by atoms with Crippen LogP contribution < -0.4 is 4.74 Å². The molecular weight excluding hydrogens is 370 g/mol. The van der Waals surface area contributed by atoms with Gasteiger partial charge in [0.25, 0.3) is 0 Å². The van der Waals surface area contributed by atoms with Crippen molar-refractivity contribution in [1.82, 2.24) is 4.90 Å². The number of hydrogen-bond acceptors (Lipinski definition) is 6. The number of nitrogens with zero attached hydrogens (tertiary/aromatic N) is 1. The van der Waals surface area contributed by atoms with Gasteiger partial charge in [0.2, 0.25) is 0 Å². The zero-order chi connectivity index (χ0) is 20.5. The van der Waals surface area contributed by atoms with Gasteiger partial charge in [0, 0.05) is 37.9 Å². The molecule has 0 bridgehead atoms. The summed E-state index contributed by atoms with van der Waals surface area (Å²) in [6, 6.07) is 8.57. The van der Waals surface area contributed by atoms with Gasteiger partial charge in [-0.25, -0.2) is 0 Å². The first-order chi connectivity index (χ1) is 14.0. The Hall–Kier alpha value is -1.63. The summed E-state index contributed by atoms with van der Waals surface area (Å²) in [5.74, 6) is 0.478. The predicted molar refractivity (Wildman–Crippen MR) is 109 cm³/mol. The lowest BCUT2D eigenvalue weighted by atomic mass is 9.76.